The van der Waals surface area contributed by atoms with Gasteiger partial charge in [0.25, 0.3) is 0 Å². The van der Waals surface area contributed by atoms with Gasteiger partial charge in [-0.1, -0.05) is 30.3 Å². The van der Waals surface area contributed by atoms with E-state index >= 15 is 0 Å². The molecule has 17 heavy (non-hydrogen) atoms. The fraction of sp³-hybridized carbons (Fsp3) is 0.0714. The minimum atomic E-state index is -0.332. The Morgan fingerprint density at radius 2 is 1.94 bits per heavy atom. The number of aromatic amines is 1. The maximum atomic E-state index is 11.1. The van der Waals surface area contributed by atoms with Crippen molar-refractivity contribution in [3.63, 3.8) is 0 Å². The smallest absolute Gasteiger partial charge is 0.308 e. The lowest BCUT2D eigenvalue weighted by Crippen LogP contribution is -1.98. The first kappa shape index (κ1) is 11.2. The van der Waals surface area contributed by atoms with E-state index in [4.69, 9.17) is 4.74 Å². The van der Waals surface area contributed by atoms with E-state index in [9.17, 15) is 4.79 Å². The molecule has 0 aliphatic heterocycles. The molecule has 1 N–H and O–H groups in total. The number of hydrogen-bond acceptors (Lipinski definition) is 2. The number of H-pyrrole nitrogens is 1. The van der Waals surface area contributed by atoms with Crippen LogP contribution in [0.15, 0.2) is 48.7 Å². The average molecular weight is 227 g/mol. The zero-order chi connectivity index (χ0) is 12.1. The van der Waals surface area contributed by atoms with E-state index in [0.717, 1.165) is 11.3 Å². The molecule has 86 valence electrons. The summed E-state index contributed by atoms with van der Waals surface area (Å²) in [6.45, 7) is 1.39. The molecule has 0 fully saturated rings. The first-order chi connectivity index (χ1) is 8.25. The molecule has 0 aliphatic rings. The maximum absolute atomic E-state index is 11.1. The lowest BCUT2D eigenvalue weighted by atomic mass is 10.2. The Morgan fingerprint density at radius 1 is 1.18 bits per heavy atom. The van der Waals surface area contributed by atoms with E-state index in [1.54, 1.807) is 6.20 Å². The molecule has 0 radical (unpaired) electrons. The summed E-state index contributed by atoms with van der Waals surface area (Å²) in [4.78, 5) is 14.1. The summed E-state index contributed by atoms with van der Waals surface area (Å²) >= 11 is 0. The largest absolute Gasteiger partial charge is 0.424 e. The minimum absolute atomic E-state index is 0.332. The molecule has 2 rings (SSSR count). The fourth-order valence-corrected chi connectivity index (χ4v) is 1.50. The molecule has 3 nitrogen and oxygen atoms in total. The molecule has 0 saturated heterocycles. The SMILES string of the molecule is CC(=O)OC(=Cc1ccccc1)c1ccc[nH]1. The van der Waals surface area contributed by atoms with Crippen LogP contribution >= 0.6 is 0 Å². The van der Waals surface area contributed by atoms with Crippen LogP contribution in [0.2, 0.25) is 0 Å². The highest BCUT2D eigenvalue weighted by Crippen LogP contribution is 2.18. The number of hydrogen-bond donors (Lipinski definition) is 1. The number of ether oxygens (including phenoxy) is 1. The van der Waals surface area contributed by atoms with Gasteiger partial charge in [0.15, 0.2) is 5.76 Å². The van der Waals surface area contributed by atoms with Crippen LogP contribution in [0.25, 0.3) is 11.8 Å². The highest BCUT2D eigenvalue weighted by molar-refractivity contribution is 5.83. The number of nitrogens with one attached hydrogen (secondary N) is 1. The van der Waals surface area contributed by atoms with Crippen LogP contribution in [-0.2, 0) is 9.53 Å². The van der Waals surface area contributed by atoms with Gasteiger partial charge in [0, 0.05) is 13.1 Å². The molecule has 0 bridgehead atoms. The van der Waals surface area contributed by atoms with Gasteiger partial charge in [-0.15, -0.1) is 0 Å². The van der Waals surface area contributed by atoms with E-state index in [1.165, 1.54) is 6.92 Å². The monoisotopic (exact) mass is 227 g/mol. The van der Waals surface area contributed by atoms with Gasteiger partial charge in [-0.05, 0) is 23.8 Å². The first-order valence-electron chi connectivity index (χ1n) is 5.34. The van der Waals surface area contributed by atoms with Gasteiger partial charge in [0.05, 0.1) is 5.69 Å². The van der Waals surface area contributed by atoms with Gasteiger partial charge < -0.3 is 9.72 Å². The fourth-order valence-electron chi connectivity index (χ4n) is 1.50. The standard InChI is InChI=1S/C14H13NO2/c1-11(16)17-14(13-8-5-9-15-13)10-12-6-3-2-4-7-12/h2-10,15H,1H3. The molecule has 1 aromatic heterocycles. The Kier molecular flexibility index (Phi) is 3.40. The predicted octanol–water partition coefficient (Wildman–Crippen LogP) is 3.08. The van der Waals surface area contributed by atoms with Crippen molar-refractivity contribution in [2.45, 2.75) is 6.92 Å². The Bertz CT molecular complexity index is 512. The topological polar surface area (TPSA) is 42.1 Å². The molecule has 0 spiro atoms. The van der Waals surface area contributed by atoms with Crippen LogP contribution in [0, 0.1) is 0 Å². The molecule has 2 aromatic rings. The Morgan fingerprint density at radius 3 is 2.53 bits per heavy atom. The lowest BCUT2D eigenvalue weighted by molar-refractivity contribution is -0.134. The van der Waals surface area contributed by atoms with E-state index in [2.05, 4.69) is 4.98 Å². The summed E-state index contributed by atoms with van der Waals surface area (Å²) < 4.78 is 5.19. The number of esters is 1. The van der Waals surface area contributed by atoms with Gasteiger partial charge in [0.2, 0.25) is 0 Å². The van der Waals surface area contributed by atoms with Crippen molar-refractivity contribution in [3.8, 4) is 0 Å². The van der Waals surface area contributed by atoms with Crippen LogP contribution in [0.5, 0.6) is 0 Å². The van der Waals surface area contributed by atoms with Crippen LogP contribution in [0.4, 0.5) is 0 Å². The Hall–Kier alpha value is -2.29. The molecular weight excluding hydrogens is 214 g/mol. The summed E-state index contributed by atoms with van der Waals surface area (Å²) in [7, 11) is 0. The highest BCUT2D eigenvalue weighted by Gasteiger charge is 2.06. The van der Waals surface area contributed by atoms with Crippen LogP contribution < -0.4 is 0 Å². The van der Waals surface area contributed by atoms with Crippen molar-refractivity contribution in [2.75, 3.05) is 0 Å². The average Bonchev–Trinajstić information content (AvgIpc) is 2.82. The van der Waals surface area contributed by atoms with Gasteiger partial charge >= 0.3 is 5.97 Å². The van der Waals surface area contributed by atoms with Crippen LogP contribution in [0.1, 0.15) is 18.2 Å². The van der Waals surface area contributed by atoms with Crippen LogP contribution in [-0.4, -0.2) is 11.0 Å². The predicted molar refractivity (Wildman–Crippen MR) is 66.9 cm³/mol. The van der Waals surface area contributed by atoms with Gasteiger partial charge in [-0.25, -0.2) is 0 Å². The van der Waals surface area contributed by atoms with Crippen molar-refractivity contribution in [1.82, 2.24) is 4.98 Å². The zero-order valence-electron chi connectivity index (χ0n) is 9.51. The molecule has 0 atom stereocenters. The summed E-state index contributed by atoms with van der Waals surface area (Å²) in [5.74, 6) is 0.190. The Labute approximate surface area is 99.7 Å². The summed E-state index contributed by atoms with van der Waals surface area (Å²) in [5, 5.41) is 0. The number of aromatic nitrogens is 1. The molecule has 1 heterocycles. The third-order valence-electron chi connectivity index (χ3n) is 2.21. The first-order valence-corrected chi connectivity index (χ1v) is 5.34. The van der Waals surface area contributed by atoms with Crippen molar-refractivity contribution < 1.29 is 9.53 Å². The highest BCUT2D eigenvalue weighted by atomic mass is 16.5. The number of benzene rings is 1. The van der Waals surface area contributed by atoms with Gasteiger partial charge in [-0.2, -0.15) is 0 Å². The molecule has 1 aromatic carbocycles. The van der Waals surface area contributed by atoms with E-state index < -0.39 is 0 Å². The van der Waals surface area contributed by atoms with E-state index in [1.807, 2.05) is 48.5 Å². The van der Waals surface area contributed by atoms with E-state index in [0.29, 0.717) is 5.76 Å². The molecule has 0 aliphatic carbocycles. The summed E-state index contributed by atoms with van der Waals surface area (Å²) in [5.41, 5.74) is 1.77. The number of carbonyl (C=O) groups excluding carboxylic acids is 1. The summed E-state index contributed by atoms with van der Waals surface area (Å²) in [6.07, 6.45) is 3.62. The second-order valence-corrected chi connectivity index (χ2v) is 3.60. The molecule has 0 amide bonds. The molecular formula is C14H13NO2. The molecule has 0 unspecified atom stereocenters. The van der Waals surface area contributed by atoms with Gasteiger partial charge in [0.1, 0.15) is 0 Å². The molecule has 0 saturated carbocycles. The Balaban J connectivity index is 2.34. The second kappa shape index (κ2) is 5.16. The number of rotatable bonds is 3. The van der Waals surface area contributed by atoms with Crippen molar-refractivity contribution in [1.29, 1.82) is 0 Å². The molecule has 3 heteroatoms. The van der Waals surface area contributed by atoms with Crippen molar-refractivity contribution >= 4 is 17.8 Å². The third kappa shape index (κ3) is 3.08. The normalized spacial score (nSPS) is 11.2. The van der Waals surface area contributed by atoms with Gasteiger partial charge in [-0.3, -0.25) is 4.79 Å². The zero-order valence-corrected chi connectivity index (χ0v) is 9.51. The third-order valence-corrected chi connectivity index (χ3v) is 2.21. The van der Waals surface area contributed by atoms with Crippen LogP contribution in [0.3, 0.4) is 0 Å². The van der Waals surface area contributed by atoms with Crippen molar-refractivity contribution in [2.24, 2.45) is 0 Å². The van der Waals surface area contributed by atoms with E-state index in [-0.39, 0.29) is 5.97 Å². The number of carbonyl (C=O) groups is 1. The second-order valence-electron chi connectivity index (χ2n) is 3.60. The summed E-state index contributed by atoms with van der Waals surface area (Å²) in [6, 6.07) is 13.4. The van der Waals surface area contributed by atoms with Crippen molar-refractivity contribution in [3.05, 3.63) is 59.9 Å². The minimum Gasteiger partial charge on any atom is -0.424 e. The lowest BCUT2D eigenvalue weighted by Gasteiger charge is -2.05. The quantitative estimate of drug-likeness (QED) is 0.646. The maximum Gasteiger partial charge on any atom is 0.308 e.